The highest BCUT2D eigenvalue weighted by atomic mass is 16.4. The van der Waals surface area contributed by atoms with Gasteiger partial charge in [-0.05, 0) is 24.3 Å². The Morgan fingerprint density at radius 1 is 1.16 bits per heavy atom. The smallest absolute Gasteiger partial charge is 0.338 e. The molecule has 0 spiro atoms. The molecule has 96 valence electrons. The minimum atomic E-state index is -1.21. The molecular formula is C13H11N3O3. The fourth-order valence-corrected chi connectivity index (χ4v) is 1.55. The van der Waals surface area contributed by atoms with E-state index in [4.69, 9.17) is 10.8 Å². The first-order chi connectivity index (χ1) is 9.09. The zero-order valence-electron chi connectivity index (χ0n) is 9.83. The zero-order valence-corrected chi connectivity index (χ0v) is 9.83. The number of nitrogens with zero attached hydrogens (tertiary/aromatic N) is 1. The first-order valence-electron chi connectivity index (χ1n) is 5.44. The molecule has 0 saturated heterocycles. The van der Waals surface area contributed by atoms with E-state index in [2.05, 4.69) is 10.3 Å². The first-order valence-corrected chi connectivity index (χ1v) is 5.44. The minimum Gasteiger partial charge on any atom is -0.478 e. The van der Waals surface area contributed by atoms with Crippen molar-refractivity contribution < 1.29 is 14.7 Å². The Kier molecular flexibility index (Phi) is 3.42. The van der Waals surface area contributed by atoms with Gasteiger partial charge < -0.3 is 16.2 Å². The van der Waals surface area contributed by atoms with Gasteiger partial charge in [0.05, 0.1) is 16.9 Å². The number of aromatic carboxylic acids is 1. The molecule has 0 aliphatic rings. The van der Waals surface area contributed by atoms with E-state index in [-0.39, 0.29) is 11.3 Å². The van der Waals surface area contributed by atoms with Crippen molar-refractivity contribution >= 4 is 23.3 Å². The number of benzene rings is 1. The molecule has 19 heavy (non-hydrogen) atoms. The van der Waals surface area contributed by atoms with Gasteiger partial charge in [0.2, 0.25) is 0 Å². The number of carboxylic acid groups (broad SMARTS) is 1. The second-order valence-electron chi connectivity index (χ2n) is 3.75. The van der Waals surface area contributed by atoms with Gasteiger partial charge in [-0.2, -0.15) is 0 Å². The SMILES string of the molecule is Nc1ccccc1NC(=O)c1ncccc1C(=O)O. The number of para-hydroxylation sites is 2. The van der Waals surface area contributed by atoms with Crippen molar-refractivity contribution in [1.29, 1.82) is 0 Å². The number of amides is 1. The summed E-state index contributed by atoms with van der Waals surface area (Å²) in [4.78, 5) is 26.8. The first kappa shape index (κ1) is 12.6. The van der Waals surface area contributed by atoms with Gasteiger partial charge in [-0.1, -0.05) is 12.1 Å². The number of hydrogen-bond acceptors (Lipinski definition) is 4. The third-order valence-electron chi connectivity index (χ3n) is 2.46. The van der Waals surface area contributed by atoms with Crippen LogP contribution in [0.15, 0.2) is 42.6 Å². The number of pyridine rings is 1. The van der Waals surface area contributed by atoms with Crippen LogP contribution in [0, 0.1) is 0 Å². The van der Waals surface area contributed by atoms with Crippen LogP contribution in [0.25, 0.3) is 0 Å². The maximum absolute atomic E-state index is 12.0. The lowest BCUT2D eigenvalue weighted by molar-refractivity contribution is 0.0691. The second kappa shape index (κ2) is 5.18. The Bertz CT molecular complexity index is 641. The van der Waals surface area contributed by atoms with Gasteiger partial charge in [0.25, 0.3) is 5.91 Å². The molecule has 0 unspecified atom stereocenters. The van der Waals surface area contributed by atoms with Crippen molar-refractivity contribution in [1.82, 2.24) is 4.98 Å². The minimum absolute atomic E-state index is 0.154. The maximum atomic E-state index is 12.0. The Hall–Kier alpha value is -2.89. The Morgan fingerprint density at radius 2 is 1.89 bits per heavy atom. The summed E-state index contributed by atoms with van der Waals surface area (Å²) in [6.07, 6.45) is 1.36. The molecule has 0 atom stereocenters. The van der Waals surface area contributed by atoms with Crippen LogP contribution in [0.1, 0.15) is 20.8 Å². The summed E-state index contributed by atoms with van der Waals surface area (Å²) in [7, 11) is 0. The highest BCUT2D eigenvalue weighted by Gasteiger charge is 2.18. The molecule has 1 amide bonds. The zero-order chi connectivity index (χ0) is 13.8. The molecule has 1 aromatic heterocycles. The van der Waals surface area contributed by atoms with Crippen molar-refractivity contribution in [3.63, 3.8) is 0 Å². The molecule has 6 nitrogen and oxygen atoms in total. The van der Waals surface area contributed by atoms with E-state index in [9.17, 15) is 9.59 Å². The number of nitrogens with two attached hydrogens (primary N) is 1. The van der Waals surface area contributed by atoms with Crippen molar-refractivity contribution in [2.24, 2.45) is 0 Å². The molecule has 0 aliphatic heterocycles. The number of nitrogen functional groups attached to an aromatic ring is 1. The fourth-order valence-electron chi connectivity index (χ4n) is 1.55. The van der Waals surface area contributed by atoms with E-state index in [0.29, 0.717) is 11.4 Å². The maximum Gasteiger partial charge on any atom is 0.338 e. The predicted molar refractivity (Wildman–Crippen MR) is 70.0 cm³/mol. The standard InChI is InChI=1S/C13H11N3O3/c14-9-5-1-2-6-10(9)16-12(17)11-8(13(18)19)4-3-7-15-11/h1-7H,14H2,(H,16,17)(H,18,19). The number of anilines is 2. The fraction of sp³-hybridized carbons (Fsp3) is 0. The molecule has 0 radical (unpaired) electrons. The summed E-state index contributed by atoms with van der Waals surface area (Å²) in [5.41, 5.74) is 6.18. The van der Waals surface area contributed by atoms with Crippen LogP contribution in [0.2, 0.25) is 0 Å². The van der Waals surface area contributed by atoms with Gasteiger partial charge in [-0.25, -0.2) is 4.79 Å². The molecule has 0 bridgehead atoms. The van der Waals surface area contributed by atoms with Gasteiger partial charge in [-0.15, -0.1) is 0 Å². The predicted octanol–water partition coefficient (Wildman–Crippen LogP) is 1.61. The van der Waals surface area contributed by atoms with E-state index in [0.717, 1.165) is 0 Å². The Morgan fingerprint density at radius 3 is 2.58 bits per heavy atom. The monoisotopic (exact) mass is 257 g/mol. The summed E-state index contributed by atoms with van der Waals surface area (Å²) in [6, 6.07) is 9.47. The Labute approximate surface area is 108 Å². The van der Waals surface area contributed by atoms with Crippen molar-refractivity contribution in [2.75, 3.05) is 11.1 Å². The van der Waals surface area contributed by atoms with E-state index >= 15 is 0 Å². The van der Waals surface area contributed by atoms with Crippen molar-refractivity contribution in [3.05, 3.63) is 53.9 Å². The van der Waals surface area contributed by atoms with E-state index < -0.39 is 11.9 Å². The number of carbonyl (C=O) groups is 2. The molecule has 2 rings (SSSR count). The number of carbonyl (C=O) groups excluding carboxylic acids is 1. The number of carboxylic acids is 1. The largest absolute Gasteiger partial charge is 0.478 e. The lowest BCUT2D eigenvalue weighted by atomic mass is 10.2. The van der Waals surface area contributed by atoms with Gasteiger partial charge >= 0.3 is 5.97 Å². The van der Waals surface area contributed by atoms with Crippen LogP contribution in [0.5, 0.6) is 0 Å². The number of aromatic nitrogens is 1. The highest BCUT2D eigenvalue weighted by molar-refractivity contribution is 6.10. The molecule has 6 heteroatoms. The molecule has 0 saturated carbocycles. The summed E-state index contributed by atoms with van der Waals surface area (Å²) < 4.78 is 0. The van der Waals surface area contributed by atoms with Gasteiger partial charge in [0.1, 0.15) is 5.69 Å². The summed E-state index contributed by atoms with van der Waals surface area (Å²) in [5.74, 6) is -1.82. The normalized spacial score (nSPS) is 9.89. The van der Waals surface area contributed by atoms with Crippen molar-refractivity contribution in [2.45, 2.75) is 0 Å². The van der Waals surface area contributed by atoms with Crippen molar-refractivity contribution in [3.8, 4) is 0 Å². The molecular weight excluding hydrogens is 246 g/mol. The van der Waals surface area contributed by atoms with Gasteiger partial charge in [0.15, 0.2) is 0 Å². The van der Waals surface area contributed by atoms with Crippen LogP contribution in [0.3, 0.4) is 0 Å². The third kappa shape index (κ3) is 2.68. The molecule has 4 N–H and O–H groups in total. The van der Waals surface area contributed by atoms with Crippen LogP contribution in [0.4, 0.5) is 11.4 Å². The highest BCUT2D eigenvalue weighted by Crippen LogP contribution is 2.18. The van der Waals surface area contributed by atoms with E-state index in [1.807, 2.05) is 0 Å². The number of rotatable bonds is 3. The summed E-state index contributed by atoms with van der Waals surface area (Å²) in [6.45, 7) is 0. The average molecular weight is 257 g/mol. The van der Waals surface area contributed by atoms with E-state index in [1.54, 1.807) is 24.3 Å². The Balaban J connectivity index is 2.31. The summed E-state index contributed by atoms with van der Waals surface area (Å²) in [5, 5.41) is 11.5. The number of hydrogen-bond donors (Lipinski definition) is 3. The van der Waals surface area contributed by atoms with Gasteiger partial charge in [-0.3, -0.25) is 9.78 Å². The molecule has 0 aliphatic carbocycles. The van der Waals surface area contributed by atoms with Crippen LogP contribution in [-0.4, -0.2) is 22.0 Å². The quantitative estimate of drug-likeness (QED) is 0.724. The van der Waals surface area contributed by atoms with Gasteiger partial charge in [0, 0.05) is 6.20 Å². The topological polar surface area (TPSA) is 105 Å². The van der Waals surface area contributed by atoms with E-state index in [1.165, 1.54) is 18.3 Å². The lowest BCUT2D eigenvalue weighted by Gasteiger charge is -2.08. The summed E-state index contributed by atoms with van der Waals surface area (Å²) >= 11 is 0. The molecule has 2 aromatic rings. The van der Waals surface area contributed by atoms with Crippen LogP contribution < -0.4 is 11.1 Å². The van der Waals surface area contributed by atoms with Crippen LogP contribution in [-0.2, 0) is 0 Å². The van der Waals surface area contributed by atoms with Crippen LogP contribution >= 0.6 is 0 Å². The molecule has 1 heterocycles. The second-order valence-corrected chi connectivity index (χ2v) is 3.75. The molecule has 1 aromatic carbocycles. The lowest BCUT2D eigenvalue weighted by Crippen LogP contribution is -2.18. The third-order valence-corrected chi connectivity index (χ3v) is 2.46. The average Bonchev–Trinajstić information content (AvgIpc) is 2.41. The number of nitrogens with one attached hydrogen (secondary N) is 1. The molecule has 0 fully saturated rings.